The van der Waals surface area contributed by atoms with E-state index in [0.717, 1.165) is 11.8 Å². The Labute approximate surface area is 107 Å². The maximum absolute atomic E-state index is 11.5. The molecule has 0 spiro atoms. The Morgan fingerprint density at radius 2 is 1.94 bits per heavy atom. The highest BCUT2D eigenvalue weighted by molar-refractivity contribution is 7.90. The Hall–Kier alpha value is -1.03. The van der Waals surface area contributed by atoms with Crippen LogP contribution in [0.1, 0.15) is 5.56 Å². The van der Waals surface area contributed by atoms with Crippen LogP contribution in [0.15, 0.2) is 24.5 Å². The van der Waals surface area contributed by atoms with Crippen LogP contribution >= 0.6 is 0 Å². The van der Waals surface area contributed by atoms with Gasteiger partial charge in [-0.1, -0.05) is 6.07 Å². The Morgan fingerprint density at radius 1 is 1.22 bits per heavy atom. The molecule has 18 heavy (non-hydrogen) atoms. The summed E-state index contributed by atoms with van der Waals surface area (Å²) in [7, 11) is -6.87. The van der Waals surface area contributed by atoms with E-state index in [2.05, 4.69) is 14.4 Å². The molecule has 9 heteroatoms. The summed E-state index contributed by atoms with van der Waals surface area (Å²) in [5.74, 6) is -0.305. The number of nitrogens with zero attached hydrogens (tertiary/aromatic N) is 1. The van der Waals surface area contributed by atoms with Gasteiger partial charge < -0.3 is 0 Å². The molecule has 0 radical (unpaired) electrons. The third kappa shape index (κ3) is 6.64. The van der Waals surface area contributed by atoms with Crippen molar-refractivity contribution >= 4 is 20.0 Å². The van der Waals surface area contributed by atoms with Crippen molar-refractivity contribution in [2.24, 2.45) is 0 Å². The Kier molecular flexibility index (Phi) is 5.20. The number of aromatic nitrogens is 1. The summed E-state index contributed by atoms with van der Waals surface area (Å²) >= 11 is 0. The molecular weight excluding hydrogens is 278 g/mol. The summed E-state index contributed by atoms with van der Waals surface area (Å²) in [6.07, 6.45) is 4.12. The van der Waals surface area contributed by atoms with E-state index in [-0.39, 0.29) is 18.8 Å². The van der Waals surface area contributed by atoms with Gasteiger partial charge >= 0.3 is 0 Å². The van der Waals surface area contributed by atoms with Crippen LogP contribution in [0.5, 0.6) is 0 Å². The van der Waals surface area contributed by atoms with Crippen molar-refractivity contribution in [1.82, 2.24) is 14.4 Å². The monoisotopic (exact) mass is 293 g/mol. The quantitative estimate of drug-likeness (QED) is 0.674. The summed E-state index contributed by atoms with van der Waals surface area (Å²) in [6.45, 7) is -0.0176. The van der Waals surface area contributed by atoms with Gasteiger partial charge in [-0.05, 0) is 11.6 Å². The molecule has 1 heterocycles. The minimum atomic E-state index is -3.51. The summed E-state index contributed by atoms with van der Waals surface area (Å²) in [6, 6.07) is 3.44. The lowest BCUT2D eigenvalue weighted by Crippen LogP contribution is -2.33. The predicted molar refractivity (Wildman–Crippen MR) is 67.7 cm³/mol. The maximum Gasteiger partial charge on any atom is 0.213 e. The Balaban J connectivity index is 2.41. The first-order valence-corrected chi connectivity index (χ1v) is 8.64. The zero-order valence-electron chi connectivity index (χ0n) is 9.83. The fraction of sp³-hybridized carbons (Fsp3) is 0.444. The molecule has 0 atom stereocenters. The zero-order chi connectivity index (χ0) is 13.6. The first-order chi connectivity index (χ1) is 8.29. The van der Waals surface area contributed by atoms with Crippen LogP contribution in [-0.2, 0) is 26.6 Å². The third-order valence-electron chi connectivity index (χ3n) is 1.95. The summed E-state index contributed by atoms with van der Waals surface area (Å²) in [5, 5.41) is 0. The van der Waals surface area contributed by atoms with Crippen LogP contribution in [0, 0.1) is 0 Å². The molecule has 1 rings (SSSR count). The number of hydrogen-bond acceptors (Lipinski definition) is 5. The number of rotatable bonds is 7. The van der Waals surface area contributed by atoms with Crippen LogP contribution in [-0.4, -0.2) is 40.4 Å². The van der Waals surface area contributed by atoms with Gasteiger partial charge in [0.1, 0.15) is 0 Å². The van der Waals surface area contributed by atoms with Gasteiger partial charge in [0.15, 0.2) is 0 Å². The fourth-order valence-corrected chi connectivity index (χ4v) is 2.63. The predicted octanol–water partition coefficient (Wildman–Crippen LogP) is -0.950. The average molecular weight is 293 g/mol. The van der Waals surface area contributed by atoms with E-state index in [4.69, 9.17) is 0 Å². The lowest BCUT2D eigenvalue weighted by Gasteiger charge is -2.06. The molecule has 0 bridgehead atoms. The second-order valence-electron chi connectivity index (χ2n) is 3.67. The molecule has 0 unspecified atom stereocenters. The normalized spacial score (nSPS) is 12.5. The fourth-order valence-electron chi connectivity index (χ4n) is 1.13. The molecule has 0 aliphatic rings. The van der Waals surface area contributed by atoms with Gasteiger partial charge in [0.25, 0.3) is 0 Å². The van der Waals surface area contributed by atoms with E-state index in [1.165, 1.54) is 0 Å². The van der Waals surface area contributed by atoms with Gasteiger partial charge in [-0.25, -0.2) is 26.3 Å². The van der Waals surface area contributed by atoms with Crippen molar-refractivity contribution in [3.63, 3.8) is 0 Å². The minimum Gasteiger partial charge on any atom is -0.264 e. The first kappa shape index (κ1) is 15.0. The van der Waals surface area contributed by atoms with Gasteiger partial charge in [-0.2, -0.15) is 0 Å². The van der Waals surface area contributed by atoms with E-state index in [1.807, 2.05) is 0 Å². The topological polar surface area (TPSA) is 105 Å². The molecule has 0 saturated heterocycles. The maximum atomic E-state index is 11.5. The SMILES string of the molecule is CS(=O)(=O)NCCS(=O)(=O)NCc1cccnc1. The van der Waals surface area contributed by atoms with Crippen LogP contribution in [0.3, 0.4) is 0 Å². The first-order valence-electron chi connectivity index (χ1n) is 5.09. The molecule has 0 amide bonds. The minimum absolute atomic E-state index is 0.134. The molecule has 1 aromatic rings. The molecule has 1 aromatic heterocycles. The van der Waals surface area contributed by atoms with Gasteiger partial charge in [0.2, 0.25) is 20.0 Å². The molecule has 0 aliphatic heterocycles. The molecule has 0 fully saturated rings. The number of nitrogens with one attached hydrogen (secondary N) is 2. The van der Waals surface area contributed by atoms with Crippen molar-refractivity contribution in [2.75, 3.05) is 18.6 Å². The standard InChI is InChI=1S/C9H15N3O4S2/c1-17(13,14)11-5-6-18(15,16)12-8-9-3-2-4-10-7-9/h2-4,7,11-12H,5-6,8H2,1H3. The smallest absolute Gasteiger partial charge is 0.213 e. The summed E-state index contributed by atoms with van der Waals surface area (Å²) in [4.78, 5) is 3.85. The Bertz CT molecular complexity index is 569. The highest BCUT2D eigenvalue weighted by Gasteiger charge is 2.11. The highest BCUT2D eigenvalue weighted by atomic mass is 32.2. The van der Waals surface area contributed by atoms with Crippen molar-refractivity contribution in [2.45, 2.75) is 6.54 Å². The van der Waals surface area contributed by atoms with Crippen LogP contribution < -0.4 is 9.44 Å². The Morgan fingerprint density at radius 3 is 2.50 bits per heavy atom. The van der Waals surface area contributed by atoms with Crippen molar-refractivity contribution in [3.8, 4) is 0 Å². The summed E-state index contributed by atoms with van der Waals surface area (Å²) in [5.41, 5.74) is 0.733. The van der Waals surface area contributed by atoms with E-state index < -0.39 is 20.0 Å². The number of sulfonamides is 2. The third-order valence-corrected chi connectivity index (χ3v) is 4.01. The van der Waals surface area contributed by atoms with Gasteiger partial charge in [-0.15, -0.1) is 0 Å². The molecule has 0 aliphatic carbocycles. The molecular formula is C9H15N3O4S2. The average Bonchev–Trinajstić information content (AvgIpc) is 2.26. The second kappa shape index (κ2) is 6.23. The van der Waals surface area contributed by atoms with E-state index in [0.29, 0.717) is 0 Å². The lowest BCUT2D eigenvalue weighted by atomic mass is 10.3. The zero-order valence-corrected chi connectivity index (χ0v) is 11.5. The number of pyridine rings is 1. The second-order valence-corrected chi connectivity index (χ2v) is 7.43. The van der Waals surface area contributed by atoms with E-state index in [1.54, 1.807) is 24.5 Å². The molecule has 7 nitrogen and oxygen atoms in total. The van der Waals surface area contributed by atoms with Gasteiger partial charge in [0, 0.05) is 25.5 Å². The van der Waals surface area contributed by atoms with Crippen molar-refractivity contribution in [1.29, 1.82) is 0 Å². The molecule has 102 valence electrons. The number of hydrogen-bond donors (Lipinski definition) is 2. The van der Waals surface area contributed by atoms with Crippen LogP contribution in [0.25, 0.3) is 0 Å². The van der Waals surface area contributed by atoms with E-state index >= 15 is 0 Å². The molecule has 0 aromatic carbocycles. The van der Waals surface area contributed by atoms with Crippen molar-refractivity contribution < 1.29 is 16.8 Å². The molecule has 2 N–H and O–H groups in total. The molecule has 0 saturated carbocycles. The largest absolute Gasteiger partial charge is 0.264 e. The van der Waals surface area contributed by atoms with Crippen molar-refractivity contribution in [3.05, 3.63) is 30.1 Å². The highest BCUT2D eigenvalue weighted by Crippen LogP contribution is 1.96. The summed E-state index contributed by atoms with van der Waals surface area (Å²) < 4.78 is 49.0. The van der Waals surface area contributed by atoms with Gasteiger partial charge in [-0.3, -0.25) is 4.98 Å². The van der Waals surface area contributed by atoms with Crippen LogP contribution in [0.4, 0.5) is 0 Å². The lowest BCUT2D eigenvalue weighted by molar-refractivity contribution is 0.577. The van der Waals surface area contributed by atoms with Crippen LogP contribution in [0.2, 0.25) is 0 Å². The van der Waals surface area contributed by atoms with Gasteiger partial charge in [0.05, 0.1) is 12.0 Å². The van der Waals surface area contributed by atoms with E-state index in [9.17, 15) is 16.8 Å².